The van der Waals surface area contributed by atoms with Crippen molar-refractivity contribution in [3.8, 4) is 0 Å². The summed E-state index contributed by atoms with van der Waals surface area (Å²) in [5.74, 6) is 0. The van der Waals surface area contributed by atoms with Crippen LogP contribution < -0.4 is 5.73 Å². The van der Waals surface area contributed by atoms with Crippen molar-refractivity contribution in [2.24, 2.45) is 5.73 Å². The van der Waals surface area contributed by atoms with Gasteiger partial charge in [0.1, 0.15) is 0 Å². The molecule has 1 atom stereocenters. The molecule has 0 aromatic heterocycles. The molecule has 0 fully saturated rings. The van der Waals surface area contributed by atoms with Gasteiger partial charge in [0.05, 0.1) is 9.40 Å². The minimum atomic E-state index is -0.450. The molecular formula is C16H15BrN2O2. The highest BCUT2D eigenvalue weighted by Crippen LogP contribution is 2.39. The number of halogens is 1. The highest BCUT2D eigenvalue weighted by Gasteiger charge is 2.35. The Bertz CT molecular complexity index is 717. The molecule has 0 saturated carbocycles. The van der Waals surface area contributed by atoms with E-state index in [1.807, 2.05) is 18.2 Å². The Labute approximate surface area is 131 Å². The lowest BCUT2D eigenvalue weighted by Crippen LogP contribution is -2.36. The summed E-state index contributed by atoms with van der Waals surface area (Å²) in [7, 11) is 0. The lowest BCUT2D eigenvalue weighted by atomic mass is 9.86. The maximum atomic E-state index is 11.0. The molecule has 3 rings (SSSR count). The summed E-state index contributed by atoms with van der Waals surface area (Å²) in [4.78, 5) is 10.7. The maximum Gasteiger partial charge on any atom is 0.283 e. The first kappa shape index (κ1) is 14.2. The quantitative estimate of drug-likeness (QED) is 0.680. The Balaban J connectivity index is 1.98. The van der Waals surface area contributed by atoms with Crippen molar-refractivity contribution in [3.05, 3.63) is 73.7 Å². The third-order valence-corrected chi connectivity index (χ3v) is 5.07. The number of nitrogens with zero attached hydrogens (tertiary/aromatic N) is 1. The van der Waals surface area contributed by atoms with Crippen molar-refractivity contribution in [2.75, 3.05) is 0 Å². The van der Waals surface area contributed by atoms with Gasteiger partial charge >= 0.3 is 0 Å². The first-order chi connectivity index (χ1) is 10.0. The van der Waals surface area contributed by atoms with Gasteiger partial charge < -0.3 is 5.73 Å². The Morgan fingerprint density at radius 3 is 2.76 bits per heavy atom. The molecule has 0 saturated heterocycles. The molecule has 0 aliphatic heterocycles. The lowest BCUT2D eigenvalue weighted by molar-refractivity contribution is -0.385. The van der Waals surface area contributed by atoms with Crippen LogP contribution in [0.1, 0.15) is 23.1 Å². The van der Waals surface area contributed by atoms with Crippen LogP contribution in [0.5, 0.6) is 0 Å². The van der Waals surface area contributed by atoms with Crippen LogP contribution in [0.15, 0.2) is 46.9 Å². The Hall–Kier alpha value is -1.72. The molecule has 1 aliphatic rings. The fourth-order valence-corrected chi connectivity index (χ4v) is 3.63. The highest BCUT2D eigenvalue weighted by atomic mass is 79.9. The van der Waals surface area contributed by atoms with Gasteiger partial charge in [0.25, 0.3) is 5.69 Å². The van der Waals surface area contributed by atoms with E-state index in [0.717, 1.165) is 24.0 Å². The number of nitro benzene ring substituents is 1. The van der Waals surface area contributed by atoms with Crippen molar-refractivity contribution in [1.82, 2.24) is 0 Å². The van der Waals surface area contributed by atoms with Crippen LogP contribution in [0.2, 0.25) is 0 Å². The zero-order chi connectivity index (χ0) is 15.0. The standard InChI is InChI=1S/C16H15BrN2O2/c17-15-12(5-3-7-14(15)19(20)21)10-16(18)9-8-11-4-1-2-6-13(11)16/h1-7H,8-10,18H2. The predicted molar refractivity (Wildman–Crippen MR) is 85.1 cm³/mol. The summed E-state index contributed by atoms with van der Waals surface area (Å²) in [5, 5.41) is 11.0. The monoisotopic (exact) mass is 346 g/mol. The second-order valence-electron chi connectivity index (χ2n) is 5.50. The molecule has 1 aliphatic carbocycles. The summed E-state index contributed by atoms with van der Waals surface area (Å²) in [6.45, 7) is 0. The van der Waals surface area contributed by atoms with Crippen LogP contribution in [-0.4, -0.2) is 4.92 Å². The van der Waals surface area contributed by atoms with E-state index in [-0.39, 0.29) is 10.6 Å². The fourth-order valence-electron chi connectivity index (χ4n) is 3.08. The van der Waals surface area contributed by atoms with Gasteiger partial charge in [0, 0.05) is 11.6 Å². The SMILES string of the molecule is NC1(Cc2cccc([N+](=O)[O-])c2Br)CCc2ccccc21. The van der Waals surface area contributed by atoms with Crippen molar-refractivity contribution in [1.29, 1.82) is 0 Å². The topological polar surface area (TPSA) is 69.2 Å². The molecule has 0 bridgehead atoms. The average Bonchev–Trinajstić information content (AvgIpc) is 2.79. The second kappa shape index (κ2) is 5.24. The molecular weight excluding hydrogens is 332 g/mol. The first-order valence-corrected chi connectivity index (χ1v) is 7.59. The molecule has 21 heavy (non-hydrogen) atoms. The number of hydrogen-bond acceptors (Lipinski definition) is 3. The lowest BCUT2D eigenvalue weighted by Gasteiger charge is -2.26. The molecule has 5 heteroatoms. The van der Waals surface area contributed by atoms with Gasteiger partial charge in [-0.05, 0) is 51.9 Å². The van der Waals surface area contributed by atoms with Crippen LogP contribution in [0.3, 0.4) is 0 Å². The van der Waals surface area contributed by atoms with E-state index in [0.29, 0.717) is 10.9 Å². The minimum absolute atomic E-state index is 0.0855. The van der Waals surface area contributed by atoms with E-state index in [4.69, 9.17) is 5.73 Å². The van der Waals surface area contributed by atoms with E-state index in [1.165, 1.54) is 11.6 Å². The van der Waals surface area contributed by atoms with Gasteiger partial charge in [-0.1, -0.05) is 36.4 Å². The summed E-state index contributed by atoms with van der Waals surface area (Å²) < 4.78 is 0.532. The normalized spacial score (nSPS) is 20.3. The molecule has 4 nitrogen and oxygen atoms in total. The number of benzene rings is 2. The predicted octanol–water partition coefficient (Wildman–Crippen LogP) is 3.70. The Kier molecular flexibility index (Phi) is 3.55. The maximum absolute atomic E-state index is 11.0. The van der Waals surface area contributed by atoms with Crippen molar-refractivity contribution in [2.45, 2.75) is 24.8 Å². The zero-order valence-electron chi connectivity index (χ0n) is 11.4. The smallest absolute Gasteiger partial charge is 0.283 e. The van der Waals surface area contributed by atoms with Gasteiger partial charge in [0.2, 0.25) is 0 Å². The van der Waals surface area contributed by atoms with Gasteiger partial charge in [-0.25, -0.2) is 0 Å². The summed E-state index contributed by atoms with van der Waals surface area (Å²) in [6.07, 6.45) is 2.41. The van der Waals surface area contributed by atoms with Crippen LogP contribution >= 0.6 is 15.9 Å². The van der Waals surface area contributed by atoms with E-state index in [2.05, 4.69) is 28.1 Å². The van der Waals surface area contributed by atoms with Gasteiger partial charge in [0.15, 0.2) is 0 Å². The summed E-state index contributed by atoms with van der Waals surface area (Å²) in [6, 6.07) is 13.3. The van der Waals surface area contributed by atoms with Crippen LogP contribution in [0.25, 0.3) is 0 Å². The Morgan fingerprint density at radius 2 is 2.00 bits per heavy atom. The van der Waals surface area contributed by atoms with E-state index >= 15 is 0 Å². The van der Waals surface area contributed by atoms with Crippen LogP contribution in [0, 0.1) is 10.1 Å². The molecule has 2 N–H and O–H groups in total. The van der Waals surface area contributed by atoms with Gasteiger partial charge in [-0.3, -0.25) is 10.1 Å². The Morgan fingerprint density at radius 1 is 1.24 bits per heavy atom. The molecule has 0 heterocycles. The number of rotatable bonds is 3. The third kappa shape index (κ3) is 2.47. The van der Waals surface area contributed by atoms with Crippen molar-refractivity contribution >= 4 is 21.6 Å². The molecule has 1 unspecified atom stereocenters. The average molecular weight is 347 g/mol. The largest absolute Gasteiger partial charge is 0.321 e. The van der Waals surface area contributed by atoms with E-state index in [9.17, 15) is 10.1 Å². The first-order valence-electron chi connectivity index (χ1n) is 6.80. The van der Waals surface area contributed by atoms with Crippen LogP contribution in [0.4, 0.5) is 5.69 Å². The van der Waals surface area contributed by atoms with Crippen LogP contribution in [-0.2, 0) is 18.4 Å². The highest BCUT2D eigenvalue weighted by molar-refractivity contribution is 9.10. The van der Waals surface area contributed by atoms with Gasteiger partial charge in [-0.2, -0.15) is 0 Å². The summed E-state index contributed by atoms with van der Waals surface area (Å²) in [5.41, 5.74) is 9.56. The van der Waals surface area contributed by atoms with E-state index < -0.39 is 5.54 Å². The molecule has 2 aromatic carbocycles. The van der Waals surface area contributed by atoms with Crippen molar-refractivity contribution < 1.29 is 4.92 Å². The number of fused-ring (bicyclic) bond motifs is 1. The number of nitrogens with two attached hydrogens (primary N) is 1. The minimum Gasteiger partial charge on any atom is -0.321 e. The van der Waals surface area contributed by atoms with Crippen molar-refractivity contribution in [3.63, 3.8) is 0 Å². The number of hydrogen-bond donors (Lipinski definition) is 1. The van der Waals surface area contributed by atoms with E-state index in [1.54, 1.807) is 6.07 Å². The third-order valence-electron chi connectivity index (χ3n) is 4.16. The molecule has 0 radical (unpaired) electrons. The molecule has 108 valence electrons. The molecule has 0 spiro atoms. The van der Waals surface area contributed by atoms with Gasteiger partial charge in [-0.15, -0.1) is 0 Å². The molecule has 2 aromatic rings. The fraction of sp³-hybridized carbons (Fsp3) is 0.250. The molecule has 0 amide bonds. The number of aryl methyl sites for hydroxylation is 1. The number of nitro groups is 1. The zero-order valence-corrected chi connectivity index (χ0v) is 13.0. The second-order valence-corrected chi connectivity index (χ2v) is 6.29. The summed E-state index contributed by atoms with van der Waals surface area (Å²) >= 11 is 3.36.